The van der Waals surface area contributed by atoms with Crippen LogP contribution >= 0.6 is 11.6 Å². The van der Waals surface area contributed by atoms with E-state index in [9.17, 15) is 0 Å². The Labute approximate surface area is 80.9 Å². The molecule has 0 fully saturated rings. The van der Waals surface area contributed by atoms with Crippen molar-refractivity contribution in [3.63, 3.8) is 0 Å². The van der Waals surface area contributed by atoms with Crippen LogP contribution in [0.4, 0.5) is 0 Å². The Bertz CT molecular complexity index is 465. The Balaban J connectivity index is 2.81. The van der Waals surface area contributed by atoms with Gasteiger partial charge < -0.3 is 0 Å². The normalized spacial score (nSPS) is 10.2. The predicted molar refractivity (Wildman–Crippen MR) is 54.6 cm³/mol. The summed E-state index contributed by atoms with van der Waals surface area (Å²) in [5, 5.41) is 0.397. The molecule has 0 bridgehead atoms. The summed E-state index contributed by atoms with van der Waals surface area (Å²) >= 11 is 5.86. The Kier molecular flexibility index (Phi) is 1.99. The third-order valence-electron chi connectivity index (χ3n) is 1.75. The van der Waals surface area contributed by atoms with Gasteiger partial charge in [-0.2, -0.15) is 0 Å². The minimum absolute atomic E-state index is 0.397. The molecule has 0 N–H and O–H groups in total. The van der Waals surface area contributed by atoms with Crippen LogP contribution in [0.2, 0.25) is 5.15 Å². The van der Waals surface area contributed by atoms with Gasteiger partial charge in [-0.25, -0.2) is 9.97 Å². The molecular weight excluding hydrogens is 184 g/mol. The third-order valence-corrected chi connectivity index (χ3v) is 2.02. The quantitative estimate of drug-likeness (QED) is 0.691. The van der Waals surface area contributed by atoms with Crippen molar-refractivity contribution in [3.8, 4) is 0 Å². The zero-order chi connectivity index (χ0) is 9.26. The fourth-order valence-electron chi connectivity index (χ4n) is 1.12. The second-order valence-corrected chi connectivity index (χ2v) is 2.95. The highest BCUT2D eigenvalue weighted by Gasteiger charge is 2.01. The first-order valence-electron chi connectivity index (χ1n) is 3.86. The summed E-state index contributed by atoms with van der Waals surface area (Å²) in [6.07, 6.45) is 1.60. The zero-order valence-corrected chi connectivity index (χ0v) is 7.62. The Morgan fingerprint density at radius 2 is 1.77 bits per heavy atom. The van der Waals surface area contributed by atoms with Gasteiger partial charge >= 0.3 is 0 Å². The van der Waals surface area contributed by atoms with Crippen molar-refractivity contribution >= 4 is 28.7 Å². The molecule has 3 heteroatoms. The highest BCUT2D eigenvalue weighted by atomic mass is 35.5. The van der Waals surface area contributed by atoms with Crippen molar-refractivity contribution in [3.05, 3.63) is 41.7 Å². The summed E-state index contributed by atoms with van der Waals surface area (Å²) in [6, 6.07) is 7.59. The molecule has 0 atom stereocenters. The van der Waals surface area contributed by atoms with Gasteiger partial charge in [0.05, 0.1) is 11.0 Å². The summed E-state index contributed by atoms with van der Waals surface area (Å²) in [6.45, 7) is 3.61. The molecule has 0 unspecified atom stereocenters. The largest absolute Gasteiger partial charge is 0.244 e. The molecule has 13 heavy (non-hydrogen) atoms. The first kappa shape index (κ1) is 8.20. The summed E-state index contributed by atoms with van der Waals surface area (Å²) in [4.78, 5) is 8.46. The molecule has 0 aliphatic carbocycles. The fourth-order valence-corrected chi connectivity index (χ4v) is 1.33. The average Bonchev–Trinajstić information content (AvgIpc) is 2.17. The summed E-state index contributed by atoms with van der Waals surface area (Å²) in [7, 11) is 0. The van der Waals surface area contributed by atoms with Crippen LogP contribution in [0.5, 0.6) is 0 Å². The van der Waals surface area contributed by atoms with Gasteiger partial charge in [0.1, 0.15) is 5.69 Å². The molecule has 2 rings (SSSR count). The Hall–Kier alpha value is -1.41. The van der Waals surface area contributed by atoms with Gasteiger partial charge in [-0.3, -0.25) is 0 Å². The molecule has 1 aromatic heterocycles. The number of para-hydroxylation sites is 2. The number of hydrogen-bond donors (Lipinski definition) is 0. The van der Waals surface area contributed by atoms with E-state index in [-0.39, 0.29) is 0 Å². The molecule has 0 amide bonds. The van der Waals surface area contributed by atoms with E-state index >= 15 is 0 Å². The van der Waals surface area contributed by atoms with Crippen LogP contribution in [0.3, 0.4) is 0 Å². The average molecular weight is 191 g/mol. The molecule has 0 aliphatic rings. The Morgan fingerprint density at radius 1 is 1.15 bits per heavy atom. The summed E-state index contributed by atoms with van der Waals surface area (Å²) < 4.78 is 0. The maximum atomic E-state index is 5.86. The second-order valence-electron chi connectivity index (χ2n) is 2.59. The standard InChI is InChI=1S/C10H7ClN2/c1-2-7-10(11)13-9-6-4-3-5-8(9)12-7/h2-6H,1H2. The lowest BCUT2D eigenvalue weighted by molar-refractivity contribution is 1.27. The second kappa shape index (κ2) is 3.15. The van der Waals surface area contributed by atoms with E-state index in [0.717, 1.165) is 11.0 Å². The number of aromatic nitrogens is 2. The predicted octanol–water partition coefficient (Wildman–Crippen LogP) is 2.93. The van der Waals surface area contributed by atoms with E-state index in [2.05, 4.69) is 16.5 Å². The van der Waals surface area contributed by atoms with Crippen molar-refractivity contribution in [1.82, 2.24) is 9.97 Å². The van der Waals surface area contributed by atoms with Gasteiger partial charge in [-0.15, -0.1) is 0 Å². The van der Waals surface area contributed by atoms with Crippen LogP contribution in [0.1, 0.15) is 5.69 Å². The summed E-state index contributed by atoms with van der Waals surface area (Å²) in [5.41, 5.74) is 2.26. The molecule has 2 aromatic rings. The van der Waals surface area contributed by atoms with E-state index in [4.69, 9.17) is 11.6 Å². The topological polar surface area (TPSA) is 25.8 Å². The fraction of sp³-hybridized carbons (Fsp3) is 0. The third kappa shape index (κ3) is 1.40. The van der Waals surface area contributed by atoms with E-state index < -0.39 is 0 Å². The van der Waals surface area contributed by atoms with Crippen molar-refractivity contribution < 1.29 is 0 Å². The van der Waals surface area contributed by atoms with Gasteiger partial charge in [-0.1, -0.05) is 30.3 Å². The zero-order valence-electron chi connectivity index (χ0n) is 6.87. The van der Waals surface area contributed by atoms with Gasteiger partial charge in [0, 0.05) is 0 Å². The van der Waals surface area contributed by atoms with Crippen LogP contribution in [0, 0.1) is 0 Å². The molecule has 0 spiro atoms. The number of halogens is 1. The van der Waals surface area contributed by atoms with Crippen LogP contribution in [-0.4, -0.2) is 9.97 Å². The summed E-state index contributed by atoms with van der Waals surface area (Å²) in [5.74, 6) is 0. The molecule has 1 aromatic carbocycles. The van der Waals surface area contributed by atoms with E-state index in [1.54, 1.807) is 6.08 Å². The monoisotopic (exact) mass is 190 g/mol. The van der Waals surface area contributed by atoms with Gasteiger partial charge in [0.15, 0.2) is 5.15 Å². The van der Waals surface area contributed by atoms with Gasteiger partial charge in [0.2, 0.25) is 0 Å². The SMILES string of the molecule is C=Cc1nc2ccccc2nc1Cl. The van der Waals surface area contributed by atoms with Crippen LogP contribution in [0.25, 0.3) is 17.1 Å². The first-order valence-corrected chi connectivity index (χ1v) is 4.24. The lowest BCUT2D eigenvalue weighted by Gasteiger charge is -1.99. The Morgan fingerprint density at radius 3 is 2.38 bits per heavy atom. The molecule has 0 saturated heterocycles. The van der Waals surface area contributed by atoms with Crippen molar-refractivity contribution in [1.29, 1.82) is 0 Å². The molecule has 0 aliphatic heterocycles. The number of benzene rings is 1. The lowest BCUT2D eigenvalue weighted by atomic mass is 10.3. The first-order chi connectivity index (χ1) is 6.31. The smallest absolute Gasteiger partial charge is 0.155 e. The minimum Gasteiger partial charge on any atom is -0.244 e. The number of nitrogens with zero attached hydrogens (tertiary/aromatic N) is 2. The van der Waals surface area contributed by atoms with Crippen LogP contribution < -0.4 is 0 Å². The van der Waals surface area contributed by atoms with Gasteiger partial charge in [-0.05, 0) is 18.2 Å². The van der Waals surface area contributed by atoms with E-state index in [1.165, 1.54) is 0 Å². The van der Waals surface area contributed by atoms with Crippen LogP contribution in [-0.2, 0) is 0 Å². The van der Waals surface area contributed by atoms with Crippen molar-refractivity contribution in [2.24, 2.45) is 0 Å². The number of hydrogen-bond acceptors (Lipinski definition) is 2. The molecule has 2 nitrogen and oxygen atoms in total. The van der Waals surface area contributed by atoms with Crippen molar-refractivity contribution in [2.75, 3.05) is 0 Å². The molecule has 64 valence electrons. The maximum Gasteiger partial charge on any atom is 0.155 e. The number of rotatable bonds is 1. The highest BCUT2D eigenvalue weighted by molar-refractivity contribution is 6.31. The van der Waals surface area contributed by atoms with Crippen LogP contribution in [0.15, 0.2) is 30.8 Å². The highest BCUT2D eigenvalue weighted by Crippen LogP contribution is 2.16. The molecule has 0 saturated carbocycles. The van der Waals surface area contributed by atoms with E-state index in [0.29, 0.717) is 10.8 Å². The number of fused-ring (bicyclic) bond motifs is 1. The molecule has 0 radical (unpaired) electrons. The van der Waals surface area contributed by atoms with Crippen molar-refractivity contribution in [2.45, 2.75) is 0 Å². The maximum absolute atomic E-state index is 5.86. The van der Waals surface area contributed by atoms with E-state index in [1.807, 2.05) is 24.3 Å². The molecule has 1 heterocycles. The molecular formula is C10H7ClN2. The lowest BCUT2D eigenvalue weighted by Crippen LogP contribution is -1.88. The minimum atomic E-state index is 0.397. The van der Waals surface area contributed by atoms with Gasteiger partial charge in [0.25, 0.3) is 0 Å².